The van der Waals surface area contributed by atoms with Crippen LogP contribution in [0.3, 0.4) is 0 Å². The Morgan fingerprint density at radius 1 is 1.35 bits per heavy atom. The molecule has 20 heavy (non-hydrogen) atoms. The second kappa shape index (κ2) is 5.75. The molecular formula is C16H21N3O. The van der Waals surface area contributed by atoms with Gasteiger partial charge in [-0.05, 0) is 37.9 Å². The molecule has 2 aromatic heterocycles. The summed E-state index contributed by atoms with van der Waals surface area (Å²) in [4.78, 5) is 9.22. The van der Waals surface area contributed by atoms with Crippen LogP contribution in [0.2, 0.25) is 0 Å². The molecule has 1 atom stereocenters. The highest BCUT2D eigenvalue weighted by Crippen LogP contribution is 2.29. The van der Waals surface area contributed by atoms with Crippen molar-refractivity contribution in [3.8, 4) is 11.6 Å². The maximum atomic E-state index is 5.74. The van der Waals surface area contributed by atoms with Crippen LogP contribution in [-0.4, -0.2) is 16.5 Å². The molecule has 2 aromatic rings. The summed E-state index contributed by atoms with van der Waals surface area (Å²) >= 11 is 0. The first-order valence-electron chi connectivity index (χ1n) is 7.50. The Bertz CT molecular complexity index is 591. The van der Waals surface area contributed by atoms with Gasteiger partial charge in [-0.2, -0.15) is 0 Å². The number of rotatable bonds is 4. The van der Waals surface area contributed by atoms with Crippen molar-refractivity contribution >= 4 is 0 Å². The van der Waals surface area contributed by atoms with Crippen LogP contribution in [0.15, 0.2) is 22.7 Å². The van der Waals surface area contributed by atoms with Crippen LogP contribution in [0, 0.1) is 0 Å². The zero-order chi connectivity index (χ0) is 13.9. The molecule has 1 aliphatic carbocycles. The van der Waals surface area contributed by atoms with Gasteiger partial charge in [-0.15, -0.1) is 0 Å². The largest absolute Gasteiger partial charge is 0.458 e. The number of fused-ring (bicyclic) bond motifs is 1. The number of nitrogens with zero attached hydrogens (tertiary/aromatic N) is 2. The maximum absolute atomic E-state index is 5.74. The first kappa shape index (κ1) is 13.3. The minimum absolute atomic E-state index is 0.403. The molecule has 4 heteroatoms. The van der Waals surface area contributed by atoms with Gasteiger partial charge in [-0.1, -0.05) is 13.8 Å². The lowest BCUT2D eigenvalue weighted by molar-refractivity contribution is 0.463. The minimum Gasteiger partial charge on any atom is -0.458 e. The van der Waals surface area contributed by atoms with Crippen molar-refractivity contribution < 1.29 is 4.42 Å². The Morgan fingerprint density at radius 2 is 2.25 bits per heavy atom. The number of hydrogen-bond acceptors (Lipinski definition) is 4. The van der Waals surface area contributed by atoms with Crippen LogP contribution in [0.4, 0.5) is 0 Å². The summed E-state index contributed by atoms with van der Waals surface area (Å²) in [5.41, 5.74) is 2.42. The fourth-order valence-electron chi connectivity index (χ4n) is 2.81. The van der Waals surface area contributed by atoms with Crippen molar-refractivity contribution in [1.82, 2.24) is 15.3 Å². The molecule has 1 aliphatic rings. The van der Waals surface area contributed by atoms with Gasteiger partial charge in [0, 0.05) is 29.9 Å². The van der Waals surface area contributed by atoms with Crippen molar-refractivity contribution in [2.24, 2.45) is 0 Å². The average molecular weight is 271 g/mol. The second-order valence-corrected chi connectivity index (χ2v) is 5.22. The van der Waals surface area contributed by atoms with E-state index in [1.165, 1.54) is 24.1 Å². The van der Waals surface area contributed by atoms with E-state index < -0.39 is 0 Å². The first-order chi connectivity index (χ1) is 9.81. The maximum Gasteiger partial charge on any atom is 0.195 e. The van der Waals surface area contributed by atoms with Gasteiger partial charge in [0.15, 0.2) is 11.6 Å². The van der Waals surface area contributed by atoms with Crippen molar-refractivity contribution in [3.05, 3.63) is 35.3 Å². The van der Waals surface area contributed by atoms with Crippen LogP contribution in [0.1, 0.15) is 49.7 Å². The van der Waals surface area contributed by atoms with Gasteiger partial charge in [0.05, 0.1) is 0 Å². The van der Waals surface area contributed by atoms with Crippen molar-refractivity contribution in [2.75, 3.05) is 6.54 Å². The lowest BCUT2D eigenvalue weighted by Crippen LogP contribution is -2.25. The molecule has 0 saturated heterocycles. The van der Waals surface area contributed by atoms with Gasteiger partial charge in [-0.3, -0.25) is 0 Å². The molecule has 0 amide bonds. The topological polar surface area (TPSA) is 51.0 Å². The number of hydrogen-bond donors (Lipinski definition) is 1. The van der Waals surface area contributed by atoms with E-state index in [2.05, 4.69) is 24.1 Å². The quantitative estimate of drug-likeness (QED) is 0.927. The molecule has 0 spiro atoms. The molecule has 2 heterocycles. The zero-order valence-electron chi connectivity index (χ0n) is 12.1. The summed E-state index contributed by atoms with van der Waals surface area (Å²) in [5, 5.41) is 3.51. The van der Waals surface area contributed by atoms with Crippen molar-refractivity contribution in [3.63, 3.8) is 0 Å². The van der Waals surface area contributed by atoms with E-state index in [-0.39, 0.29) is 0 Å². The molecule has 0 aromatic carbocycles. The molecule has 0 bridgehead atoms. The number of aromatic nitrogens is 2. The smallest absolute Gasteiger partial charge is 0.195 e. The van der Waals surface area contributed by atoms with E-state index >= 15 is 0 Å². The third kappa shape index (κ3) is 2.48. The van der Waals surface area contributed by atoms with Crippen LogP contribution < -0.4 is 5.32 Å². The first-order valence-corrected chi connectivity index (χ1v) is 7.50. The fourth-order valence-corrected chi connectivity index (χ4v) is 2.81. The molecule has 1 unspecified atom stereocenters. The summed E-state index contributed by atoms with van der Waals surface area (Å²) in [6.45, 7) is 5.19. The Morgan fingerprint density at radius 3 is 3.00 bits per heavy atom. The third-order valence-corrected chi connectivity index (χ3v) is 3.86. The lowest BCUT2D eigenvalue weighted by atomic mass is 9.92. The minimum atomic E-state index is 0.403. The van der Waals surface area contributed by atoms with Crippen LogP contribution in [-0.2, 0) is 12.8 Å². The average Bonchev–Trinajstić information content (AvgIpc) is 2.96. The fraction of sp³-hybridized carbons (Fsp3) is 0.500. The van der Waals surface area contributed by atoms with Gasteiger partial charge in [-0.25, -0.2) is 9.97 Å². The molecule has 4 nitrogen and oxygen atoms in total. The van der Waals surface area contributed by atoms with Gasteiger partial charge in [0.2, 0.25) is 0 Å². The second-order valence-electron chi connectivity index (χ2n) is 5.22. The van der Waals surface area contributed by atoms with Crippen molar-refractivity contribution in [2.45, 2.75) is 45.6 Å². The van der Waals surface area contributed by atoms with Gasteiger partial charge < -0.3 is 9.73 Å². The van der Waals surface area contributed by atoms with E-state index in [0.717, 1.165) is 30.9 Å². The highest BCUT2D eigenvalue weighted by Gasteiger charge is 2.22. The summed E-state index contributed by atoms with van der Waals surface area (Å²) in [7, 11) is 0. The molecule has 106 valence electrons. The van der Waals surface area contributed by atoms with Gasteiger partial charge in [0.25, 0.3) is 0 Å². The molecule has 0 radical (unpaired) electrons. The number of aryl methyl sites for hydroxylation is 2. The van der Waals surface area contributed by atoms with Crippen LogP contribution >= 0.6 is 0 Å². The summed E-state index contributed by atoms with van der Waals surface area (Å²) < 4.78 is 5.74. The van der Waals surface area contributed by atoms with Gasteiger partial charge >= 0.3 is 0 Å². The van der Waals surface area contributed by atoms with Crippen LogP contribution in [0.5, 0.6) is 0 Å². The van der Waals surface area contributed by atoms with E-state index in [0.29, 0.717) is 11.9 Å². The Kier molecular flexibility index (Phi) is 3.83. The summed E-state index contributed by atoms with van der Waals surface area (Å²) in [5.74, 6) is 2.46. The normalized spacial score (nSPS) is 18.0. The Balaban J connectivity index is 1.92. The monoisotopic (exact) mass is 271 g/mol. The molecule has 0 saturated carbocycles. The van der Waals surface area contributed by atoms with Crippen molar-refractivity contribution in [1.29, 1.82) is 0 Å². The summed E-state index contributed by atoms with van der Waals surface area (Å²) in [6, 6.07) is 4.37. The van der Waals surface area contributed by atoms with E-state index in [1.807, 2.05) is 18.3 Å². The predicted octanol–water partition coefficient (Wildman–Crippen LogP) is 3.29. The molecule has 1 N–H and O–H groups in total. The molecule has 3 rings (SSSR count). The van der Waals surface area contributed by atoms with E-state index in [4.69, 9.17) is 9.40 Å². The van der Waals surface area contributed by atoms with Crippen LogP contribution in [0.25, 0.3) is 11.6 Å². The Labute approximate surface area is 119 Å². The molecule has 0 aliphatic heterocycles. The Hall–Kier alpha value is -1.68. The zero-order valence-corrected chi connectivity index (χ0v) is 12.1. The molecule has 0 fully saturated rings. The van der Waals surface area contributed by atoms with E-state index in [1.54, 1.807) is 0 Å². The predicted molar refractivity (Wildman–Crippen MR) is 78.5 cm³/mol. The summed E-state index contributed by atoms with van der Waals surface area (Å²) in [6.07, 6.45) is 6.25. The third-order valence-electron chi connectivity index (χ3n) is 3.86. The lowest BCUT2D eigenvalue weighted by Gasteiger charge is -2.25. The highest BCUT2D eigenvalue weighted by atomic mass is 16.3. The number of nitrogens with one attached hydrogen (secondary N) is 1. The molecular weight excluding hydrogens is 250 g/mol. The number of furan rings is 1. The SMILES string of the molecule is CCNC1CCCc2nc(-c3ccc(CC)o3)ncc21. The van der Waals surface area contributed by atoms with Gasteiger partial charge in [0.1, 0.15) is 5.76 Å². The standard InChI is InChI=1S/C16H21N3O/c1-3-11-8-9-15(20-11)16-18-10-12-13(17-4-2)6-5-7-14(12)19-16/h8-10,13,17H,3-7H2,1-2H3. The highest BCUT2D eigenvalue weighted by molar-refractivity contribution is 5.48. The van der Waals surface area contributed by atoms with E-state index in [9.17, 15) is 0 Å².